The normalized spacial score (nSPS) is 17.0. The topological polar surface area (TPSA) is 37.8 Å². The minimum atomic E-state index is 0.397. The molecule has 0 spiro atoms. The first-order valence-corrected chi connectivity index (χ1v) is 6.29. The maximum Gasteiger partial charge on any atom is 0.202 e. The summed E-state index contributed by atoms with van der Waals surface area (Å²) in [5.74, 6) is 0.756. The molecule has 1 unspecified atom stereocenters. The maximum absolute atomic E-state index is 4.19. The predicted octanol–water partition coefficient (Wildman–Crippen LogP) is 3.10. The smallest absolute Gasteiger partial charge is 0.202 e. The van der Waals surface area contributed by atoms with Crippen molar-refractivity contribution in [1.29, 1.82) is 0 Å². The average molecular weight is 231 g/mol. The second-order valence-electron chi connectivity index (χ2n) is 4.12. The van der Waals surface area contributed by atoms with E-state index in [0.29, 0.717) is 6.04 Å². The monoisotopic (exact) mass is 231 g/mol. The van der Waals surface area contributed by atoms with E-state index in [9.17, 15) is 0 Å². The third-order valence-electron chi connectivity index (χ3n) is 2.89. The summed E-state index contributed by atoms with van der Waals surface area (Å²) in [7, 11) is 0. The lowest BCUT2D eigenvalue weighted by molar-refractivity contribution is 0.678. The molecule has 0 amide bonds. The lowest BCUT2D eigenvalue weighted by atomic mass is 10.0. The molecule has 0 aliphatic heterocycles. The first-order valence-electron chi connectivity index (χ1n) is 5.51. The molecule has 1 aromatic heterocycles. The van der Waals surface area contributed by atoms with Gasteiger partial charge in [-0.15, -0.1) is 0 Å². The highest BCUT2D eigenvalue weighted by Gasteiger charge is 2.32. The van der Waals surface area contributed by atoms with Crippen LogP contribution in [0.4, 0.5) is 5.13 Å². The molecule has 3 nitrogen and oxygen atoms in total. The van der Waals surface area contributed by atoms with E-state index in [0.717, 1.165) is 11.0 Å². The number of rotatable bonds is 4. The van der Waals surface area contributed by atoms with Crippen molar-refractivity contribution >= 4 is 16.7 Å². The van der Waals surface area contributed by atoms with Crippen LogP contribution in [0, 0.1) is 5.92 Å². The molecule has 0 bridgehead atoms. The molecule has 1 aliphatic carbocycles. The highest BCUT2D eigenvalue weighted by Crippen LogP contribution is 2.42. The summed E-state index contributed by atoms with van der Waals surface area (Å²) in [6.45, 7) is 0. The van der Waals surface area contributed by atoms with Crippen LogP contribution in [0.3, 0.4) is 0 Å². The Bertz CT molecular complexity index is 437. The van der Waals surface area contributed by atoms with Crippen LogP contribution in [-0.2, 0) is 0 Å². The Balaban J connectivity index is 1.82. The van der Waals surface area contributed by atoms with E-state index in [2.05, 4.69) is 45.0 Å². The predicted molar refractivity (Wildman–Crippen MR) is 65.4 cm³/mol. The summed E-state index contributed by atoms with van der Waals surface area (Å²) in [5.41, 5.74) is 1.35. The highest BCUT2D eigenvalue weighted by molar-refractivity contribution is 7.09. The molecule has 1 heterocycles. The van der Waals surface area contributed by atoms with Gasteiger partial charge in [0.05, 0.1) is 6.04 Å². The summed E-state index contributed by atoms with van der Waals surface area (Å²) in [6, 6.07) is 11.0. The standard InChI is InChI=1S/C12H13N3S/c1-2-4-9(5-3-1)11(10-6-7-10)15-12-13-8-14-16-12/h1-5,8,10-11H,6-7H2,(H,13,14,15). The summed E-state index contributed by atoms with van der Waals surface area (Å²) >= 11 is 1.42. The second-order valence-corrected chi connectivity index (χ2v) is 4.90. The fourth-order valence-electron chi connectivity index (χ4n) is 1.93. The van der Waals surface area contributed by atoms with Crippen molar-refractivity contribution in [3.05, 3.63) is 42.2 Å². The number of anilines is 1. The third kappa shape index (κ3) is 2.07. The van der Waals surface area contributed by atoms with Crippen molar-refractivity contribution < 1.29 is 0 Å². The van der Waals surface area contributed by atoms with Crippen molar-refractivity contribution in [2.45, 2.75) is 18.9 Å². The van der Waals surface area contributed by atoms with Gasteiger partial charge in [-0.3, -0.25) is 0 Å². The molecule has 1 aliphatic rings. The Kier molecular flexibility index (Phi) is 2.58. The first-order chi connectivity index (χ1) is 7.93. The van der Waals surface area contributed by atoms with Gasteiger partial charge in [0.1, 0.15) is 6.33 Å². The van der Waals surface area contributed by atoms with E-state index in [1.54, 1.807) is 6.33 Å². The molecule has 0 radical (unpaired) electrons. The second kappa shape index (κ2) is 4.22. The molecule has 1 saturated carbocycles. The van der Waals surface area contributed by atoms with E-state index in [1.807, 2.05) is 0 Å². The van der Waals surface area contributed by atoms with Gasteiger partial charge >= 0.3 is 0 Å². The number of nitrogens with one attached hydrogen (secondary N) is 1. The van der Waals surface area contributed by atoms with Gasteiger partial charge < -0.3 is 5.32 Å². The number of nitrogens with zero attached hydrogens (tertiary/aromatic N) is 2. The molecule has 0 saturated heterocycles. The van der Waals surface area contributed by atoms with Gasteiger partial charge in [0.2, 0.25) is 5.13 Å². The van der Waals surface area contributed by atoms with E-state index >= 15 is 0 Å². The van der Waals surface area contributed by atoms with Crippen LogP contribution in [0.2, 0.25) is 0 Å². The van der Waals surface area contributed by atoms with Crippen LogP contribution in [0.5, 0.6) is 0 Å². The lowest BCUT2D eigenvalue weighted by Gasteiger charge is -2.17. The number of hydrogen-bond acceptors (Lipinski definition) is 4. The zero-order chi connectivity index (χ0) is 10.8. The van der Waals surface area contributed by atoms with Crippen LogP contribution < -0.4 is 5.32 Å². The van der Waals surface area contributed by atoms with Gasteiger partial charge in [-0.1, -0.05) is 30.3 Å². The molecule has 1 aromatic carbocycles. The summed E-state index contributed by atoms with van der Waals surface area (Å²) in [6.07, 6.45) is 4.22. The molecule has 1 atom stereocenters. The zero-order valence-corrected chi connectivity index (χ0v) is 9.65. The molecule has 1 N–H and O–H groups in total. The van der Waals surface area contributed by atoms with E-state index in [-0.39, 0.29) is 0 Å². The Morgan fingerprint density at radius 3 is 2.69 bits per heavy atom. The first kappa shape index (κ1) is 9.78. The lowest BCUT2D eigenvalue weighted by Crippen LogP contribution is -2.12. The summed E-state index contributed by atoms with van der Waals surface area (Å²) in [5, 5.41) is 4.40. The van der Waals surface area contributed by atoms with Crippen molar-refractivity contribution in [2.75, 3.05) is 5.32 Å². The van der Waals surface area contributed by atoms with Crippen molar-refractivity contribution in [3.63, 3.8) is 0 Å². The molecular formula is C12H13N3S. The minimum absolute atomic E-state index is 0.397. The molecule has 2 aromatic rings. The van der Waals surface area contributed by atoms with Crippen LogP contribution in [0.25, 0.3) is 0 Å². The van der Waals surface area contributed by atoms with Gasteiger partial charge in [0, 0.05) is 11.5 Å². The average Bonchev–Trinajstić information content (AvgIpc) is 3.05. The number of benzene rings is 1. The summed E-state index contributed by atoms with van der Waals surface area (Å²) < 4.78 is 4.02. The Labute approximate surface area is 98.7 Å². The maximum atomic E-state index is 4.19. The Hall–Kier alpha value is -1.42. The number of aromatic nitrogens is 2. The third-order valence-corrected chi connectivity index (χ3v) is 3.49. The van der Waals surface area contributed by atoms with Gasteiger partial charge in [-0.25, -0.2) is 4.98 Å². The SMILES string of the molecule is c1ccc(C(Nc2ncns2)C2CC2)cc1. The van der Waals surface area contributed by atoms with E-state index in [1.165, 1.54) is 29.9 Å². The van der Waals surface area contributed by atoms with Gasteiger partial charge in [-0.05, 0) is 24.3 Å². The summed E-state index contributed by atoms with van der Waals surface area (Å²) in [4.78, 5) is 4.19. The van der Waals surface area contributed by atoms with Gasteiger partial charge in [0.25, 0.3) is 0 Å². The molecule has 4 heteroatoms. The van der Waals surface area contributed by atoms with Crippen LogP contribution in [0.15, 0.2) is 36.7 Å². The molecule has 1 fully saturated rings. The molecule has 16 heavy (non-hydrogen) atoms. The fourth-order valence-corrected chi connectivity index (χ4v) is 2.40. The van der Waals surface area contributed by atoms with Crippen molar-refractivity contribution in [3.8, 4) is 0 Å². The Morgan fingerprint density at radius 1 is 1.25 bits per heavy atom. The van der Waals surface area contributed by atoms with Crippen LogP contribution >= 0.6 is 11.5 Å². The van der Waals surface area contributed by atoms with Crippen molar-refractivity contribution in [1.82, 2.24) is 9.36 Å². The van der Waals surface area contributed by atoms with Crippen LogP contribution in [0.1, 0.15) is 24.4 Å². The van der Waals surface area contributed by atoms with E-state index in [4.69, 9.17) is 0 Å². The van der Waals surface area contributed by atoms with Gasteiger partial charge in [0.15, 0.2) is 0 Å². The minimum Gasteiger partial charge on any atom is -0.353 e. The fraction of sp³-hybridized carbons (Fsp3) is 0.333. The Morgan fingerprint density at radius 2 is 2.06 bits per heavy atom. The highest BCUT2D eigenvalue weighted by atomic mass is 32.1. The van der Waals surface area contributed by atoms with Crippen LogP contribution in [-0.4, -0.2) is 9.36 Å². The quantitative estimate of drug-likeness (QED) is 0.878. The largest absolute Gasteiger partial charge is 0.353 e. The van der Waals surface area contributed by atoms with E-state index < -0.39 is 0 Å². The molecular weight excluding hydrogens is 218 g/mol. The zero-order valence-electron chi connectivity index (χ0n) is 8.84. The van der Waals surface area contributed by atoms with Gasteiger partial charge in [-0.2, -0.15) is 4.37 Å². The molecule has 3 rings (SSSR count). The molecule has 82 valence electrons. The van der Waals surface area contributed by atoms with Crippen molar-refractivity contribution in [2.24, 2.45) is 5.92 Å². The number of hydrogen-bond donors (Lipinski definition) is 1.